The molecule has 0 amide bonds. The number of alkyl halides is 5. The lowest BCUT2D eigenvalue weighted by Crippen LogP contribution is -2.53. The van der Waals surface area contributed by atoms with Gasteiger partial charge >= 0.3 is 33.5 Å². The molecule has 0 radical (unpaired) electrons. The zero-order valence-corrected chi connectivity index (χ0v) is 13.4. The molecule has 0 aliphatic carbocycles. The first-order chi connectivity index (χ1) is 11.2. The van der Waals surface area contributed by atoms with Crippen molar-refractivity contribution in [1.29, 1.82) is 0 Å². The molecule has 0 aromatic carbocycles. The predicted molar refractivity (Wildman–Crippen MR) is 69.1 cm³/mol. The van der Waals surface area contributed by atoms with E-state index in [1.165, 1.54) is 0 Å². The smallest absolute Gasteiger partial charge is 0.432 e. The summed E-state index contributed by atoms with van der Waals surface area (Å²) in [6, 6.07) is 0. The van der Waals surface area contributed by atoms with Gasteiger partial charge in [0.25, 0.3) is 6.10 Å². The maximum absolute atomic E-state index is 13.5. The van der Waals surface area contributed by atoms with Crippen molar-refractivity contribution in [3.63, 3.8) is 0 Å². The average molecular weight is 412 g/mol. The van der Waals surface area contributed by atoms with E-state index in [0.29, 0.717) is 0 Å². The van der Waals surface area contributed by atoms with Crippen molar-refractivity contribution in [3.8, 4) is 0 Å². The molecule has 3 heterocycles. The molecule has 3 rings (SSSR count). The summed E-state index contributed by atoms with van der Waals surface area (Å²) in [5.74, 6) is -5.21. The number of thioether (sulfide) groups is 1. The highest BCUT2D eigenvalue weighted by Crippen LogP contribution is 2.58. The number of esters is 2. The van der Waals surface area contributed by atoms with E-state index in [4.69, 9.17) is 9.29 Å². The molecule has 7 nitrogen and oxygen atoms in total. The number of fused-ring (bicyclic) bond motifs is 1. The summed E-state index contributed by atoms with van der Waals surface area (Å²) in [5, 5.41) is -6.95. The van der Waals surface area contributed by atoms with Crippen LogP contribution in [0.1, 0.15) is 6.42 Å². The van der Waals surface area contributed by atoms with Crippen LogP contribution in [-0.4, -0.2) is 59.0 Å². The molecule has 14 heteroatoms. The highest BCUT2D eigenvalue weighted by molar-refractivity contribution is 8.01. The highest BCUT2D eigenvalue weighted by atomic mass is 32.2. The SMILES string of the molecule is O=C(OC(C(F)(F)F)C(F)(F)S(=O)(=O)O)C1C2CC3OC(=O)C1C3S2. The summed E-state index contributed by atoms with van der Waals surface area (Å²) in [5.41, 5.74) is 0. The van der Waals surface area contributed by atoms with Gasteiger partial charge in [-0.15, -0.1) is 11.8 Å². The van der Waals surface area contributed by atoms with Gasteiger partial charge in [-0.2, -0.15) is 30.4 Å². The van der Waals surface area contributed by atoms with Crippen LogP contribution < -0.4 is 0 Å². The van der Waals surface area contributed by atoms with E-state index in [1.807, 2.05) is 0 Å². The lowest BCUT2D eigenvalue weighted by atomic mass is 9.80. The fourth-order valence-electron chi connectivity index (χ4n) is 3.27. The van der Waals surface area contributed by atoms with Gasteiger partial charge in [0.2, 0.25) is 0 Å². The predicted octanol–water partition coefficient (Wildman–Crippen LogP) is 0.987. The number of halogens is 5. The van der Waals surface area contributed by atoms with Crippen LogP contribution >= 0.6 is 11.8 Å². The topological polar surface area (TPSA) is 107 Å². The van der Waals surface area contributed by atoms with E-state index in [-0.39, 0.29) is 6.42 Å². The van der Waals surface area contributed by atoms with Crippen LogP contribution in [0.2, 0.25) is 0 Å². The molecule has 3 fully saturated rings. The molecule has 6 atom stereocenters. The van der Waals surface area contributed by atoms with Crippen LogP contribution in [-0.2, 0) is 29.2 Å². The van der Waals surface area contributed by atoms with Gasteiger partial charge < -0.3 is 9.47 Å². The van der Waals surface area contributed by atoms with Gasteiger partial charge in [0, 0.05) is 5.25 Å². The number of hydrogen-bond acceptors (Lipinski definition) is 7. The molecule has 0 aromatic heterocycles. The maximum Gasteiger partial charge on any atom is 0.432 e. The van der Waals surface area contributed by atoms with Gasteiger partial charge in [0.15, 0.2) is 0 Å². The Morgan fingerprint density at radius 1 is 1.32 bits per heavy atom. The summed E-state index contributed by atoms with van der Waals surface area (Å²) < 4.78 is 104. The molecule has 3 aliphatic rings. The molecule has 3 aliphatic heterocycles. The lowest BCUT2D eigenvalue weighted by Gasteiger charge is -2.29. The molecule has 0 saturated carbocycles. The second-order valence-electron chi connectivity index (χ2n) is 5.80. The van der Waals surface area contributed by atoms with Crippen molar-refractivity contribution < 1.29 is 54.0 Å². The molecule has 6 unspecified atom stereocenters. The molecule has 0 spiro atoms. The van der Waals surface area contributed by atoms with Crippen LogP contribution in [0.3, 0.4) is 0 Å². The summed E-state index contributed by atoms with van der Waals surface area (Å²) >= 11 is 1.11. The first-order valence-electron chi connectivity index (χ1n) is 6.73. The van der Waals surface area contributed by atoms with Crippen LogP contribution in [0.5, 0.6) is 0 Å². The Hall–Kier alpha value is -1.15. The maximum atomic E-state index is 13.5. The molecule has 25 heavy (non-hydrogen) atoms. The van der Waals surface area contributed by atoms with Gasteiger partial charge in [-0.1, -0.05) is 0 Å². The Morgan fingerprint density at radius 3 is 2.44 bits per heavy atom. The minimum atomic E-state index is -6.51. The molecular weight excluding hydrogens is 403 g/mol. The van der Waals surface area contributed by atoms with Crippen molar-refractivity contribution in [1.82, 2.24) is 0 Å². The van der Waals surface area contributed by atoms with Gasteiger partial charge in [-0.25, -0.2) is 0 Å². The van der Waals surface area contributed by atoms with Crippen LogP contribution in [0.15, 0.2) is 0 Å². The van der Waals surface area contributed by atoms with Crippen molar-refractivity contribution in [2.75, 3.05) is 0 Å². The van der Waals surface area contributed by atoms with E-state index in [9.17, 15) is 40.0 Å². The quantitative estimate of drug-likeness (QED) is 0.414. The number of carbonyl (C=O) groups excluding carboxylic acids is 2. The number of ether oxygens (including phenoxy) is 2. The van der Waals surface area contributed by atoms with E-state index in [0.717, 1.165) is 11.8 Å². The first kappa shape index (κ1) is 18.6. The van der Waals surface area contributed by atoms with Crippen LogP contribution in [0, 0.1) is 11.8 Å². The fourth-order valence-corrected chi connectivity index (χ4v) is 5.67. The van der Waals surface area contributed by atoms with E-state index in [1.54, 1.807) is 0 Å². The van der Waals surface area contributed by atoms with Crippen molar-refractivity contribution in [3.05, 3.63) is 0 Å². The molecule has 1 N–H and O–H groups in total. The Bertz CT molecular complexity index is 719. The monoisotopic (exact) mass is 412 g/mol. The van der Waals surface area contributed by atoms with E-state index < -0.39 is 68.0 Å². The minimum Gasteiger partial charge on any atom is -0.461 e. The van der Waals surface area contributed by atoms with Crippen LogP contribution in [0.25, 0.3) is 0 Å². The van der Waals surface area contributed by atoms with Gasteiger partial charge in [-0.3, -0.25) is 14.1 Å². The van der Waals surface area contributed by atoms with Crippen molar-refractivity contribution >= 4 is 33.8 Å². The average Bonchev–Trinajstić information content (AvgIpc) is 3.02. The first-order valence-corrected chi connectivity index (χ1v) is 9.11. The van der Waals surface area contributed by atoms with Crippen molar-refractivity contribution in [2.45, 2.75) is 40.6 Å². The third kappa shape index (κ3) is 2.77. The third-order valence-electron chi connectivity index (χ3n) is 4.30. The molecule has 0 aromatic rings. The minimum absolute atomic E-state index is 0.155. The molecule has 2 bridgehead atoms. The normalized spacial score (nSPS) is 35.6. The summed E-state index contributed by atoms with van der Waals surface area (Å²) in [4.78, 5) is 23.7. The number of rotatable bonds is 4. The Labute approximate surface area is 141 Å². The van der Waals surface area contributed by atoms with Crippen molar-refractivity contribution in [2.24, 2.45) is 11.8 Å². The second-order valence-corrected chi connectivity index (χ2v) is 8.71. The zero-order chi connectivity index (χ0) is 18.9. The van der Waals surface area contributed by atoms with Crippen LogP contribution in [0.4, 0.5) is 22.0 Å². The zero-order valence-electron chi connectivity index (χ0n) is 11.8. The summed E-state index contributed by atoms with van der Waals surface area (Å²) in [6.45, 7) is 0. The highest BCUT2D eigenvalue weighted by Gasteiger charge is 2.69. The largest absolute Gasteiger partial charge is 0.461 e. The lowest BCUT2D eigenvalue weighted by molar-refractivity contribution is -0.261. The molecular formula is C11H9F5O7S2. The van der Waals surface area contributed by atoms with Gasteiger partial charge in [-0.05, 0) is 6.42 Å². The van der Waals surface area contributed by atoms with Gasteiger partial charge in [0.05, 0.1) is 17.1 Å². The van der Waals surface area contributed by atoms with Gasteiger partial charge in [0.1, 0.15) is 6.10 Å². The van der Waals surface area contributed by atoms with E-state index >= 15 is 0 Å². The fraction of sp³-hybridized carbons (Fsp3) is 0.818. The van der Waals surface area contributed by atoms with E-state index in [2.05, 4.69) is 4.74 Å². The standard InChI is InChI=1S/C11H9F5O7S2/c12-10(13,14)9(11(15,16)25(19,20)21)23-7(17)4-3-1-2-6(24-3)5(4)8(18)22-2/h2-6,9H,1H2,(H,19,20,21). The molecule has 3 saturated heterocycles. The Kier molecular flexibility index (Phi) is 4.04. The second kappa shape index (κ2) is 5.42. The number of carbonyl (C=O) groups is 2. The summed E-state index contributed by atoms with van der Waals surface area (Å²) in [7, 11) is -6.51. The summed E-state index contributed by atoms with van der Waals surface area (Å²) in [6.07, 6.45) is -10.7. The Balaban J connectivity index is 1.86. The third-order valence-corrected chi connectivity index (χ3v) is 6.94. The molecule has 142 valence electrons. The number of hydrogen-bond donors (Lipinski definition) is 1. The Morgan fingerprint density at radius 2 is 1.92 bits per heavy atom.